The Morgan fingerprint density at radius 3 is 2.62 bits per heavy atom. The summed E-state index contributed by atoms with van der Waals surface area (Å²) >= 11 is 1.03. The second-order valence-corrected chi connectivity index (χ2v) is 5.31. The van der Waals surface area contributed by atoms with Gasteiger partial charge < -0.3 is 10.4 Å². The molecule has 1 amide bonds. The Hall–Kier alpha value is -2.28. The molecule has 2 aromatic rings. The van der Waals surface area contributed by atoms with Gasteiger partial charge >= 0.3 is 5.97 Å². The van der Waals surface area contributed by atoms with E-state index in [1.54, 1.807) is 6.92 Å². The van der Waals surface area contributed by atoms with Crippen LogP contribution in [0.25, 0.3) is 0 Å². The molecule has 0 aliphatic rings. The highest BCUT2D eigenvalue weighted by molar-refractivity contribution is 7.08. The van der Waals surface area contributed by atoms with Crippen LogP contribution in [0.15, 0.2) is 30.3 Å². The first-order chi connectivity index (χ1) is 10.1. The summed E-state index contributed by atoms with van der Waals surface area (Å²) in [5.74, 6) is -1.16. The molecule has 1 aromatic carbocycles. The molecular formula is C14H15N3O3S. The molecule has 0 spiro atoms. The standard InChI is InChI=1S/C14H15N3O3S/c1-9-13(21-17-16-9)14(20)15-11(7-8-12(18)19)10-5-3-2-4-6-10/h2-6,11H,7-8H2,1H3,(H,15,20)(H,18,19). The lowest BCUT2D eigenvalue weighted by atomic mass is 10.0. The van der Waals surface area contributed by atoms with E-state index >= 15 is 0 Å². The predicted molar refractivity (Wildman–Crippen MR) is 78.2 cm³/mol. The van der Waals surface area contributed by atoms with Crippen molar-refractivity contribution >= 4 is 23.4 Å². The van der Waals surface area contributed by atoms with Crippen LogP contribution < -0.4 is 5.32 Å². The molecule has 6 nitrogen and oxygen atoms in total. The maximum atomic E-state index is 12.2. The quantitative estimate of drug-likeness (QED) is 0.853. The van der Waals surface area contributed by atoms with Gasteiger partial charge in [0.25, 0.3) is 5.91 Å². The van der Waals surface area contributed by atoms with E-state index in [4.69, 9.17) is 5.11 Å². The number of carbonyl (C=O) groups excluding carboxylic acids is 1. The van der Waals surface area contributed by atoms with E-state index in [2.05, 4.69) is 14.9 Å². The van der Waals surface area contributed by atoms with Crippen molar-refractivity contribution in [2.24, 2.45) is 0 Å². The lowest BCUT2D eigenvalue weighted by Gasteiger charge is -2.18. The normalized spacial score (nSPS) is 11.9. The molecule has 1 aromatic heterocycles. The number of carboxylic acid groups (broad SMARTS) is 1. The largest absolute Gasteiger partial charge is 0.481 e. The van der Waals surface area contributed by atoms with Crippen LogP contribution in [0.3, 0.4) is 0 Å². The molecule has 110 valence electrons. The van der Waals surface area contributed by atoms with E-state index in [1.165, 1.54) is 0 Å². The highest BCUT2D eigenvalue weighted by atomic mass is 32.1. The topological polar surface area (TPSA) is 92.2 Å². The van der Waals surface area contributed by atoms with Gasteiger partial charge in [0.1, 0.15) is 4.88 Å². The number of carbonyl (C=O) groups is 2. The molecular weight excluding hydrogens is 290 g/mol. The van der Waals surface area contributed by atoms with Crippen LogP contribution in [0.4, 0.5) is 0 Å². The third kappa shape index (κ3) is 4.09. The number of hydrogen-bond acceptors (Lipinski definition) is 5. The number of nitrogens with one attached hydrogen (secondary N) is 1. The second-order valence-electron chi connectivity index (χ2n) is 4.56. The third-order valence-electron chi connectivity index (χ3n) is 3.01. The number of amides is 1. The van der Waals surface area contributed by atoms with E-state index in [9.17, 15) is 9.59 Å². The molecule has 0 radical (unpaired) electrons. The number of benzene rings is 1. The van der Waals surface area contributed by atoms with E-state index < -0.39 is 5.97 Å². The lowest BCUT2D eigenvalue weighted by Crippen LogP contribution is -2.29. The summed E-state index contributed by atoms with van der Waals surface area (Å²) in [4.78, 5) is 23.5. The molecule has 0 saturated heterocycles. The Morgan fingerprint density at radius 2 is 2.05 bits per heavy atom. The van der Waals surface area contributed by atoms with E-state index in [0.717, 1.165) is 17.1 Å². The second kappa shape index (κ2) is 6.94. The van der Waals surface area contributed by atoms with Gasteiger partial charge in [0, 0.05) is 6.42 Å². The van der Waals surface area contributed by atoms with Crippen LogP contribution >= 0.6 is 11.5 Å². The van der Waals surface area contributed by atoms with Gasteiger partial charge in [0.15, 0.2) is 0 Å². The van der Waals surface area contributed by atoms with Gasteiger partial charge in [-0.25, -0.2) is 0 Å². The number of nitrogens with zero attached hydrogens (tertiary/aromatic N) is 2. The SMILES string of the molecule is Cc1nnsc1C(=O)NC(CCC(=O)O)c1ccccc1. The summed E-state index contributed by atoms with van der Waals surface area (Å²) in [6.07, 6.45) is 0.316. The van der Waals surface area contributed by atoms with Crippen molar-refractivity contribution in [2.45, 2.75) is 25.8 Å². The maximum Gasteiger partial charge on any atom is 0.303 e. The molecule has 0 aliphatic carbocycles. The average Bonchev–Trinajstić information content (AvgIpc) is 2.90. The molecule has 1 atom stereocenters. The molecule has 1 heterocycles. The number of carboxylic acids is 1. The summed E-state index contributed by atoms with van der Waals surface area (Å²) < 4.78 is 3.73. The van der Waals surface area contributed by atoms with Crippen molar-refractivity contribution in [3.05, 3.63) is 46.5 Å². The van der Waals surface area contributed by atoms with E-state index in [0.29, 0.717) is 17.0 Å². The van der Waals surface area contributed by atoms with Crippen molar-refractivity contribution < 1.29 is 14.7 Å². The van der Waals surface area contributed by atoms with Gasteiger partial charge in [-0.15, -0.1) is 5.10 Å². The Bertz CT molecular complexity index is 627. The summed E-state index contributed by atoms with van der Waals surface area (Å²) in [5, 5.41) is 15.5. The van der Waals surface area contributed by atoms with E-state index in [1.807, 2.05) is 30.3 Å². The Balaban J connectivity index is 2.14. The first-order valence-corrected chi connectivity index (χ1v) is 7.22. The predicted octanol–water partition coefficient (Wildman–Crippen LogP) is 2.18. The highest BCUT2D eigenvalue weighted by Gasteiger charge is 2.19. The molecule has 0 fully saturated rings. The third-order valence-corrected chi connectivity index (χ3v) is 3.84. The molecule has 7 heteroatoms. The van der Waals surface area contributed by atoms with Crippen molar-refractivity contribution in [1.82, 2.24) is 14.9 Å². The lowest BCUT2D eigenvalue weighted by molar-refractivity contribution is -0.137. The fourth-order valence-corrected chi connectivity index (χ4v) is 2.50. The Morgan fingerprint density at radius 1 is 1.33 bits per heavy atom. The van der Waals surface area contributed by atoms with Gasteiger partial charge in [0.05, 0.1) is 11.7 Å². The molecule has 21 heavy (non-hydrogen) atoms. The zero-order valence-electron chi connectivity index (χ0n) is 11.4. The number of rotatable bonds is 6. The first-order valence-electron chi connectivity index (χ1n) is 6.44. The molecule has 0 aliphatic heterocycles. The zero-order chi connectivity index (χ0) is 15.2. The molecule has 0 saturated carbocycles. The average molecular weight is 305 g/mol. The minimum atomic E-state index is -0.888. The molecule has 2 N–H and O–H groups in total. The Kier molecular flexibility index (Phi) is 4.99. The molecule has 0 bridgehead atoms. The summed E-state index contributed by atoms with van der Waals surface area (Å²) in [5.41, 5.74) is 1.45. The number of aromatic nitrogens is 2. The number of aliphatic carboxylic acids is 1. The van der Waals surface area contributed by atoms with Crippen LogP contribution in [0.1, 0.15) is 39.8 Å². The fraction of sp³-hybridized carbons (Fsp3) is 0.286. The van der Waals surface area contributed by atoms with Crippen molar-refractivity contribution in [2.75, 3.05) is 0 Å². The van der Waals surface area contributed by atoms with Crippen LogP contribution in [0.2, 0.25) is 0 Å². The highest BCUT2D eigenvalue weighted by Crippen LogP contribution is 2.20. The van der Waals surface area contributed by atoms with Gasteiger partial charge in [-0.1, -0.05) is 34.8 Å². The molecule has 1 unspecified atom stereocenters. The summed E-state index contributed by atoms with van der Waals surface area (Å²) in [6.45, 7) is 1.72. The van der Waals surface area contributed by atoms with Crippen molar-refractivity contribution in [3.63, 3.8) is 0 Å². The van der Waals surface area contributed by atoms with Crippen LogP contribution in [0.5, 0.6) is 0 Å². The summed E-state index contributed by atoms with van der Waals surface area (Å²) in [6, 6.07) is 8.96. The van der Waals surface area contributed by atoms with Crippen molar-refractivity contribution in [3.8, 4) is 0 Å². The minimum absolute atomic E-state index is 0.0141. The van der Waals surface area contributed by atoms with Gasteiger partial charge in [-0.2, -0.15) is 0 Å². The van der Waals surface area contributed by atoms with E-state index in [-0.39, 0.29) is 18.4 Å². The number of aryl methyl sites for hydroxylation is 1. The monoisotopic (exact) mass is 305 g/mol. The van der Waals surface area contributed by atoms with Crippen molar-refractivity contribution in [1.29, 1.82) is 0 Å². The van der Waals surface area contributed by atoms with Crippen LogP contribution in [0, 0.1) is 6.92 Å². The minimum Gasteiger partial charge on any atom is -0.481 e. The van der Waals surface area contributed by atoms with Gasteiger partial charge in [0.2, 0.25) is 0 Å². The fourth-order valence-electron chi connectivity index (χ4n) is 1.94. The summed E-state index contributed by atoms with van der Waals surface area (Å²) in [7, 11) is 0. The first kappa shape index (κ1) is 15.1. The van der Waals surface area contributed by atoms with Gasteiger partial charge in [-0.05, 0) is 30.4 Å². The van der Waals surface area contributed by atoms with Crippen LogP contribution in [-0.4, -0.2) is 26.6 Å². The Labute approximate surface area is 126 Å². The smallest absolute Gasteiger partial charge is 0.303 e. The number of hydrogen-bond donors (Lipinski definition) is 2. The zero-order valence-corrected chi connectivity index (χ0v) is 12.3. The van der Waals surface area contributed by atoms with Gasteiger partial charge in [-0.3, -0.25) is 9.59 Å². The maximum absolute atomic E-state index is 12.2. The van der Waals surface area contributed by atoms with Crippen LogP contribution in [-0.2, 0) is 4.79 Å². The molecule has 2 rings (SSSR count).